The van der Waals surface area contributed by atoms with E-state index < -0.39 is 104 Å². The van der Waals surface area contributed by atoms with Gasteiger partial charge in [-0.3, -0.25) is 14.4 Å². The quantitative estimate of drug-likeness (QED) is 0.0333. The zero-order valence-corrected chi connectivity index (χ0v) is 31.8. The lowest BCUT2D eigenvalue weighted by atomic mass is 9.99. The molecule has 2 aromatic rings. The van der Waals surface area contributed by atoms with Gasteiger partial charge in [0.05, 0.1) is 18.7 Å². The Morgan fingerprint density at radius 1 is 0.738 bits per heavy atom. The second-order valence-corrected chi connectivity index (χ2v) is 13.8. The topological polar surface area (TPSA) is 332 Å². The third kappa shape index (κ3) is 10.4. The van der Waals surface area contributed by atoms with E-state index in [4.69, 9.17) is 42.7 Å². The summed E-state index contributed by atoms with van der Waals surface area (Å²) in [5, 5.41) is 93.0. The third-order valence-corrected chi connectivity index (χ3v) is 9.46. The van der Waals surface area contributed by atoms with E-state index in [1.165, 1.54) is 61.7 Å². The molecule has 0 spiro atoms. The number of hydrogen-bond donors (Lipinski definition) is 9. The molecule has 0 bridgehead atoms. The minimum Gasteiger partial charge on any atom is -0.508 e. The van der Waals surface area contributed by atoms with Crippen molar-refractivity contribution in [3.63, 3.8) is 0 Å². The molecule has 326 valence electrons. The monoisotopic (exact) mass is 857 g/mol. The Labute approximate surface area is 343 Å². The smallest absolute Gasteiger partial charge is 0.508 e. The summed E-state index contributed by atoms with van der Waals surface area (Å²) >= 11 is 0. The highest BCUT2D eigenvalue weighted by molar-refractivity contribution is 5.90. The predicted molar refractivity (Wildman–Crippen MR) is 203 cm³/mol. The average Bonchev–Trinajstić information content (AvgIpc) is 3.22. The van der Waals surface area contributed by atoms with E-state index in [-0.39, 0.29) is 51.4 Å². The van der Waals surface area contributed by atoms with Gasteiger partial charge in [-0.15, -0.1) is 0 Å². The summed E-state index contributed by atoms with van der Waals surface area (Å²) < 4.78 is 44.6. The van der Waals surface area contributed by atoms with Gasteiger partial charge in [-0.25, -0.2) is 0 Å². The van der Waals surface area contributed by atoms with E-state index >= 15 is 0 Å². The predicted octanol–water partition coefficient (Wildman–Crippen LogP) is -0.545. The molecule has 10 atom stereocenters. The molecule has 0 radical (unpaired) electrons. The van der Waals surface area contributed by atoms with Crippen molar-refractivity contribution in [1.29, 1.82) is 0 Å². The summed E-state index contributed by atoms with van der Waals surface area (Å²) in [6.45, 7) is -1.34. The first kappa shape index (κ1) is 44.3. The summed E-state index contributed by atoms with van der Waals surface area (Å²) in [6, 6.07) is 13.1. The van der Waals surface area contributed by atoms with Gasteiger partial charge in [0, 0.05) is 17.7 Å². The zero-order valence-electron chi connectivity index (χ0n) is 31.8. The van der Waals surface area contributed by atoms with Crippen LogP contribution in [0.15, 0.2) is 76.0 Å². The maximum absolute atomic E-state index is 12.9. The lowest BCUT2D eigenvalue weighted by Crippen LogP contribution is -2.60. The van der Waals surface area contributed by atoms with E-state index in [0.29, 0.717) is 5.56 Å². The number of esters is 2. The Hall–Kier alpha value is -6.30. The maximum Gasteiger partial charge on any atom is 0.510 e. The molecule has 21 heteroatoms. The molecule has 2 aromatic carbocycles. The Kier molecular flexibility index (Phi) is 13.8. The van der Waals surface area contributed by atoms with Crippen molar-refractivity contribution >= 4 is 24.0 Å². The molecule has 2 saturated heterocycles. The number of carbonyl (C=O) groups excluding carboxylic acids is 2. The number of fused-ring (bicyclic) bond motifs is 1. The SMILES string of the molecule is COc1cc(C=CC(=[OH+])OC[C@H]2O[C@@H](Oc3cc4c(O[C@@H]5O[C@H](COC(=O)CC(=O)O)[C@@H](O)[C@H](O)[C@H]5O)cc(=O)cc-4oc3-c3ccc(O)cc3)[C@H](O)[C@@H](O)[C@@H]2O)ccc1O. The number of rotatable bonds is 14. The van der Waals surface area contributed by atoms with Crippen LogP contribution in [0, 0.1) is 0 Å². The van der Waals surface area contributed by atoms with Gasteiger partial charge in [-0.05, 0) is 54.1 Å². The number of hydrogen-bond acceptors (Lipinski definition) is 19. The van der Waals surface area contributed by atoms with Crippen LogP contribution in [-0.4, -0.2) is 150 Å². The Morgan fingerprint density at radius 2 is 1.34 bits per heavy atom. The number of aliphatic carboxylic acids is 1. The first-order chi connectivity index (χ1) is 29.0. The van der Waals surface area contributed by atoms with E-state index in [1.807, 2.05) is 0 Å². The molecule has 1 aliphatic carbocycles. The largest absolute Gasteiger partial charge is 0.510 e. The van der Waals surface area contributed by atoms with Crippen LogP contribution < -0.4 is 19.6 Å². The van der Waals surface area contributed by atoms with Crippen molar-refractivity contribution in [1.82, 2.24) is 0 Å². The minimum absolute atomic E-state index is 0.0544. The number of phenolic OH excluding ortho intramolecular Hbond substituents is 2. The molecule has 2 fully saturated rings. The van der Waals surface area contributed by atoms with Gasteiger partial charge in [0.1, 0.15) is 73.0 Å². The van der Waals surface area contributed by atoms with Crippen LogP contribution >= 0.6 is 0 Å². The number of ether oxygens (including phenoxy) is 7. The molecule has 6 rings (SSSR count). The summed E-state index contributed by atoms with van der Waals surface area (Å²) in [5.41, 5.74) is 0.0168. The normalized spacial score (nSPS) is 26.4. The molecule has 21 nitrogen and oxygen atoms in total. The van der Waals surface area contributed by atoms with Crippen LogP contribution in [0.1, 0.15) is 12.0 Å². The number of carbonyl (C=O) groups is 2. The fourth-order valence-electron chi connectivity index (χ4n) is 6.24. The zero-order chi connectivity index (χ0) is 44.1. The molecule has 61 heavy (non-hydrogen) atoms. The van der Waals surface area contributed by atoms with Gasteiger partial charge in [0.25, 0.3) is 0 Å². The van der Waals surface area contributed by atoms with Crippen LogP contribution in [0.4, 0.5) is 0 Å². The molecule has 0 unspecified atom stereocenters. The second kappa shape index (κ2) is 19.0. The van der Waals surface area contributed by atoms with E-state index in [0.717, 1.165) is 18.2 Å². The van der Waals surface area contributed by atoms with Crippen LogP contribution in [0.5, 0.6) is 28.7 Å². The first-order valence-electron chi connectivity index (χ1n) is 18.3. The van der Waals surface area contributed by atoms with E-state index in [9.17, 15) is 60.0 Å². The molecule has 3 aliphatic heterocycles. The highest BCUT2D eigenvalue weighted by Crippen LogP contribution is 2.43. The Morgan fingerprint density at radius 3 is 1.95 bits per heavy atom. The number of aliphatic hydroxyl groups is 6. The average molecular weight is 858 g/mol. The molecule has 4 aliphatic rings. The van der Waals surface area contributed by atoms with Crippen LogP contribution in [0.3, 0.4) is 0 Å². The van der Waals surface area contributed by atoms with Crippen molar-refractivity contribution in [2.75, 3.05) is 20.3 Å². The van der Waals surface area contributed by atoms with Crippen molar-refractivity contribution in [3.05, 3.63) is 82.5 Å². The summed E-state index contributed by atoms with van der Waals surface area (Å²) in [7, 11) is 1.36. The van der Waals surface area contributed by atoms with Crippen LogP contribution in [0.25, 0.3) is 28.7 Å². The highest BCUT2D eigenvalue weighted by Gasteiger charge is 2.48. The first-order valence-corrected chi connectivity index (χ1v) is 18.3. The highest BCUT2D eigenvalue weighted by atomic mass is 16.7. The van der Waals surface area contributed by atoms with Crippen molar-refractivity contribution in [2.45, 2.75) is 67.8 Å². The minimum atomic E-state index is -1.96. The van der Waals surface area contributed by atoms with E-state index in [1.54, 1.807) is 0 Å². The standard InChI is InChI=1S/C40H40O21/c1-54-25-10-17(2-8-22(25)43)3-9-30(46)55-15-27-32(48)35(51)37(53)40(61-27)59-26-13-21-23(57-38(26)18-4-6-19(41)7-5-18)11-20(42)12-24(21)58-39-36(52)34(50)33(49)28(60-39)16-56-31(47)14-29(44)45/h2-13,27-28,32-37,39-41,43,48-53H,14-16H2,1H3,(H,44,45)/p+1/t27-,28-,32-,33-,34+,35+,36-,37-,39-,40-/m1/s1. The number of phenols is 2. The molecule has 0 saturated carbocycles. The maximum atomic E-state index is 12.9. The molecular formula is C40H41O21+. The van der Waals surface area contributed by atoms with Gasteiger partial charge in [-0.2, -0.15) is 0 Å². The number of aliphatic hydroxyl groups excluding tert-OH is 6. The Bertz CT molecular complexity index is 2250. The lowest BCUT2D eigenvalue weighted by molar-refractivity contribution is -0.278. The van der Waals surface area contributed by atoms with Crippen molar-refractivity contribution < 1.29 is 97.9 Å². The van der Waals surface area contributed by atoms with Crippen molar-refractivity contribution in [3.8, 4) is 51.4 Å². The van der Waals surface area contributed by atoms with Gasteiger partial charge in [0.15, 0.2) is 34.5 Å². The van der Waals surface area contributed by atoms with Gasteiger partial charge in [-0.1, -0.05) is 6.07 Å². The number of aromatic hydroxyl groups is 2. The number of benzene rings is 3. The molecule has 0 amide bonds. The Balaban J connectivity index is 1.27. The molecule has 3 heterocycles. The number of methoxy groups -OCH3 is 1. The van der Waals surface area contributed by atoms with Gasteiger partial charge >= 0.3 is 17.9 Å². The molecule has 10 N–H and O–H groups in total. The fourth-order valence-corrected chi connectivity index (χ4v) is 6.24. The van der Waals surface area contributed by atoms with Gasteiger partial charge < -0.3 is 88.3 Å². The second-order valence-electron chi connectivity index (χ2n) is 13.8. The summed E-state index contributed by atoms with van der Waals surface area (Å²) in [6.07, 6.45) is -16.4. The van der Waals surface area contributed by atoms with Crippen LogP contribution in [-0.2, 0) is 28.5 Å². The molecule has 0 aromatic heterocycles. The molecular weight excluding hydrogens is 816 g/mol. The number of carboxylic acid groups (broad SMARTS) is 1. The fraction of sp³-hybridized carbons (Fsp3) is 0.350. The summed E-state index contributed by atoms with van der Waals surface area (Å²) in [4.78, 5) is 46.0. The summed E-state index contributed by atoms with van der Waals surface area (Å²) in [5.74, 6) is -4.24. The van der Waals surface area contributed by atoms with Crippen molar-refractivity contribution in [2.24, 2.45) is 0 Å². The van der Waals surface area contributed by atoms with E-state index in [2.05, 4.69) is 0 Å². The number of carboxylic acids is 1. The van der Waals surface area contributed by atoms with Crippen LogP contribution in [0.2, 0.25) is 0 Å². The lowest BCUT2D eigenvalue weighted by Gasteiger charge is -2.40. The third-order valence-electron chi connectivity index (χ3n) is 9.46. The van der Waals surface area contributed by atoms with Gasteiger partial charge in [0.2, 0.25) is 19.2 Å².